The molecular weight excluding hydrogens is 398 g/mol. The minimum Gasteiger partial charge on any atom is -0.399 e. The number of likely N-dealkylation sites (N-methyl/N-ethyl adjacent to an activating group) is 1. The van der Waals surface area contributed by atoms with Gasteiger partial charge in [0, 0.05) is 31.7 Å². The molecule has 2 aliphatic heterocycles. The molecule has 4 rings (SSSR count). The molecule has 0 aliphatic carbocycles. The van der Waals surface area contributed by atoms with Gasteiger partial charge >= 0.3 is 6.09 Å². The second-order valence-corrected chi connectivity index (χ2v) is 8.98. The van der Waals surface area contributed by atoms with Gasteiger partial charge in [0.25, 0.3) is 5.91 Å². The van der Waals surface area contributed by atoms with Crippen molar-refractivity contribution in [2.24, 2.45) is 0 Å². The number of ether oxygens (including phenoxy) is 1. The summed E-state index contributed by atoms with van der Waals surface area (Å²) in [7, 11) is 2.11. The summed E-state index contributed by atoms with van der Waals surface area (Å²) in [4.78, 5) is 29.0. The largest absolute Gasteiger partial charge is 0.413 e. The van der Waals surface area contributed by atoms with Crippen LogP contribution in [-0.2, 0) is 13.0 Å². The van der Waals surface area contributed by atoms with Gasteiger partial charge in [-0.1, -0.05) is 29.0 Å². The summed E-state index contributed by atoms with van der Waals surface area (Å²) in [6.45, 7) is 3.04. The second-order valence-electron chi connectivity index (χ2n) is 7.30. The zero-order chi connectivity index (χ0) is 19.7. The highest BCUT2D eigenvalue weighted by Crippen LogP contribution is 2.28. The van der Waals surface area contributed by atoms with Gasteiger partial charge < -0.3 is 19.9 Å². The lowest BCUT2D eigenvalue weighted by Gasteiger charge is -2.25. The van der Waals surface area contributed by atoms with Crippen LogP contribution in [0.4, 0.5) is 4.79 Å². The van der Waals surface area contributed by atoms with E-state index in [0.717, 1.165) is 25.1 Å². The van der Waals surface area contributed by atoms with Crippen molar-refractivity contribution in [1.29, 1.82) is 0 Å². The van der Waals surface area contributed by atoms with Gasteiger partial charge in [-0.15, -0.1) is 0 Å². The maximum atomic E-state index is 12.9. The number of thiophene rings is 1. The Kier molecular flexibility index (Phi) is 5.57. The quantitative estimate of drug-likeness (QED) is 0.828. The molecule has 3 heterocycles. The molecule has 28 heavy (non-hydrogen) atoms. The van der Waals surface area contributed by atoms with Gasteiger partial charge in [-0.2, -0.15) is 0 Å². The van der Waals surface area contributed by atoms with Crippen molar-refractivity contribution in [3.05, 3.63) is 51.4 Å². The Bertz CT molecular complexity index is 901. The van der Waals surface area contributed by atoms with E-state index in [2.05, 4.69) is 23.3 Å². The molecule has 148 valence electrons. The number of nitrogens with one attached hydrogen (secondary N) is 1. The van der Waals surface area contributed by atoms with Crippen molar-refractivity contribution >= 4 is 34.9 Å². The van der Waals surface area contributed by atoms with Crippen LogP contribution < -0.4 is 10.1 Å². The number of likely N-dealkylation sites (tertiary alicyclic amines) is 1. The number of benzene rings is 1. The summed E-state index contributed by atoms with van der Waals surface area (Å²) in [6, 6.07) is 9.23. The third kappa shape index (κ3) is 4.32. The van der Waals surface area contributed by atoms with E-state index in [1.807, 2.05) is 12.1 Å². The van der Waals surface area contributed by atoms with E-state index in [1.165, 1.54) is 22.5 Å². The molecule has 0 bridgehead atoms. The molecule has 1 unspecified atom stereocenters. The third-order valence-corrected chi connectivity index (χ3v) is 6.30. The Balaban J connectivity index is 1.33. The summed E-state index contributed by atoms with van der Waals surface area (Å²) >= 11 is 7.04. The molecule has 1 aromatic heterocycles. The zero-order valence-electron chi connectivity index (χ0n) is 15.6. The SMILES string of the molecule is CN1CCc2cc(C(=O)N3CCC(NC(=O)Oc4ccc(Cl)s4)C3)ccc2C1. The zero-order valence-corrected chi connectivity index (χ0v) is 17.2. The maximum absolute atomic E-state index is 12.9. The van der Waals surface area contributed by atoms with Crippen LogP contribution in [0.15, 0.2) is 30.3 Å². The molecule has 2 aromatic rings. The molecule has 2 amide bonds. The number of nitrogens with zero attached hydrogens (tertiary/aromatic N) is 2. The van der Waals surface area contributed by atoms with E-state index in [1.54, 1.807) is 17.0 Å². The molecule has 1 saturated heterocycles. The standard InChI is InChI=1S/C20H22ClN3O3S/c1-23-8-6-13-10-14(2-3-15(13)11-23)19(25)24-9-7-16(12-24)22-20(26)27-18-5-4-17(21)28-18/h2-5,10,16H,6-9,11-12H2,1H3,(H,22,26). The molecule has 0 radical (unpaired) electrons. The number of carbonyl (C=O) groups excluding carboxylic acids is 2. The Morgan fingerprint density at radius 2 is 2.07 bits per heavy atom. The minimum atomic E-state index is -0.518. The normalized spacial score (nSPS) is 19.4. The van der Waals surface area contributed by atoms with Gasteiger partial charge in [-0.3, -0.25) is 4.79 Å². The van der Waals surface area contributed by atoms with Gasteiger partial charge in [-0.25, -0.2) is 4.79 Å². The highest BCUT2D eigenvalue weighted by Gasteiger charge is 2.29. The molecule has 1 aromatic carbocycles. The molecule has 6 nitrogen and oxygen atoms in total. The van der Waals surface area contributed by atoms with Crippen molar-refractivity contribution in [1.82, 2.24) is 15.1 Å². The van der Waals surface area contributed by atoms with Crippen LogP contribution in [0.3, 0.4) is 0 Å². The van der Waals surface area contributed by atoms with Crippen LogP contribution >= 0.6 is 22.9 Å². The number of rotatable bonds is 3. The molecule has 0 spiro atoms. The number of fused-ring (bicyclic) bond motifs is 1. The Labute approximate surface area is 173 Å². The molecule has 0 saturated carbocycles. The fourth-order valence-electron chi connectivity index (χ4n) is 3.71. The highest BCUT2D eigenvalue weighted by molar-refractivity contribution is 7.17. The Morgan fingerprint density at radius 3 is 2.86 bits per heavy atom. The summed E-state index contributed by atoms with van der Waals surface area (Å²) in [6.07, 6.45) is 1.16. The van der Waals surface area contributed by atoms with E-state index in [9.17, 15) is 9.59 Å². The van der Waals surface area contributed by atoms with Crippen LogP contribution in [0, 0.1) is 0 Å². The van der Waals surface area contributed by atoms with Gasteiger partial charge in [0.2, 0.25) is 0 Å². The number of hydrogen-bond donors (Lipinski definition) is 1. The maximum Gasteiger partial charge on any atom is 0.413 e. The van der Waals surface area contributed by atoms with Crippen LogP contribution in [0.5, 0.6) is 5.06 Å². The van der Waals surface area contributed by atoms with Crippen LogP contribution in [0.25, 0.3) is 0 Å². The first-order valence-corrected chi connectivity index (χ1v) is 10.5. The first kappa shape index (κ1) is 19.2. The number of amides is 2. The summed E-state index contributed by atoms with van der Waals surface area (Å²) in [5.41, 5.74) is 3.28. The highest BCUT2D eigenvalue weighted by atomic mass is 35.5. The van der Waals surface area contributed by atoms with Gasteiger partial charge in [0.1, 0.15) is 0 Å². The van der Waals surface area contributed by atoms with Gasteiger partial charge in [0.15, 0.2) is 5.06 Å². The molecule has 1 atom stereocenters. The van der Waals surface area contributed by atoms with E-state index in [0.29, 0.717) is 28.9 Å². The number of halogens is 1. The third-order valence-electron chi connectivity index (χ3n) is 5.20. The Hall–Kier alpha value is -2.09. The van der Waals surface area contributed by atoms with Crippen molar-refractivity contribution < 1.29 is 14.3 Å². The van der Waals surface area contributed by atoms with E-state index in [-0.39, 0.29) is 11.9 Å². The average Bonchev–Trinajstić information content (AvgIpc) is 3.29. The molecule has 8 heteroatoms. The second kappa shape index (κ2) is 8.11. The summed E-state index contributed by atoms with van der Waals surface area (Å²) in [5, 5.41) is 3.28. The predicted octanol–water partition coefficient (Wildman–Crippen LogP) is 3.39. The fourth-order valence-corrected chi connectivity index (χ4v) is 4.59. The lowest BCUT2D eigenvalue weighted by atomic mass is 9.97. The van der Waals surface area contributed by atoms with E-state index < -0.39 is 6.09 Å². The molecule has 2 aliphatic rings. The van der Waals surface area contributed by atoms with E-state index >= 15 is 0 Å². The van der Waals surface area contributed by atoms with Crippen molar-refractivity contribution in [3.8, 4) is 5.06 Å². The minimum absolute atomic E-state index is 0.0180. The molecular formula is C20H22ClN3O3S. The summed E-state index contributed by atoms with van der Waals surface area (Å²) in [5.74, 6) is 0.0180. The van der Waals surface area contributed by atoms with Crippen LogP contribution in [0.2, 0.25) is 4.34 Å². The lowest BCUT2D eigenvalue weighted by Crippen LogP contribution is -2.39. The van der Waals surface area contributed by atoms with Gasteiger partial charge in [-0.05, 0) is 55.3 Å². The lowest BCUT2D eigenvalue weighted by molar-refractivity contribution is 0.0788. The Morgan fingerprint density at radius 1 is 1.21 bits per heavy atom. The first-order valence-electron chi connectivity index (χ1n) is 9.31. The first-order chi connectivity index (χ1) is 13.5. The molecule has 1 N–H and O–H groups in total. The van der Waals surface area contributed by atoms with Crippen LogP contribution in [-0.4, -0.2) is 54.5 Å². The monoisotopic (exact) mass is 419 g/mol. The van der Waals surface area contributed by atoms with Crippen molar-refractivity contribution in [2.75, 3.05) is 26.7 Å². The average molecular weight is 420 g/mol. The van der Waals surface area contributed by atoms with Crippen molar-refractivity contribution in [2.45, 2.75) is 25.4 Å². The van der Waals surface area contributed by atoms with Crippen LogP contribution in [0.1, 0.15) is 27.9 Å². The smallest absolute Gasteiger partial charge is 0.399 e. The molecule has 1 fully saturated rings. The van der Waals surface area contributed by atoms with E-state index in [4.69, 9.17) is 16.3 Å². The number of carbonyl (C=O) groups is 2. The van der Waals surface area contributed by atoms with Crippen molar-refractivity contribution in [3.63, 3.8) is 0 Å². The predicted molar refractivity (Wildman–Crippen MR) is 109 cm³/mol. The topological polar surface area (TPSA) is 61.9 Å². The van der Waals surface area contributed by atoms with Gasteiger partial charge in [0.05, 0.1) is 10.4 Å². The number of hydrogen-bond acceptors (Lipinski definition) is 5. The summed E-state index contributed by atoms with van der Waals surface area (Å²) < 4.78 is 5.79. The fraction of sp³-hybridized carbons (Fsp3) is 0.400.